The Morgan fingerprint density at radius 2 is 1.68 bits per heavy atom. The molecular formula is C23H20N4O4. The molecule has 156 valence electrons. The lowest BCUT2D eigenvalue weighted by Gasteiger charge is -2.07. The van der Waals surface area contributed by atoms with Crippen molar-refractivity contribution in [3.05, 3.63) is 77.9 Å². The van der Waals surface area contributed by atoms with E-state index in [-0.39, 0.29) is 11.5 Å². The summed E-state index contributed by atoms with van der Waals surface area (Å²) in [6.07, 6.45) is 0. The van der Waals surface area contributed by atoms with Crippen molar-refractivity contribution in [2.24, 2.45) is 0 Å². The number of ether oxygens (including phenoxy) is 1. The molecule has 0 unspecified atom stereocenters. The predicted octanol–water partition coefficient (Wildman–Crippen LogP) is 4.00. The van der Waals surface area contributed by atoms with Crippen molar-refractivity contribution in [1.82, 2.24) is 15.7 Å². The van der Waals surface area contributed by atoms with Crippen LogP contribution in [0, 0.1) is 0 Å². The van der Waals surface area contributed by atoms with E-state index in [1.54, 1.807) is 5.48 Å². The highest BCUT2D eigenvalue weighted by Gasteiger charge is 2.13. The minimum atomic E-state index is -0.646. The number of aromatic nitrogens is 2. The molecule has 0 saturated heterocycles. The highest BCUT2D eigenvalue weighted by Crippen LogP contribution is 2.29. The molecule has 0 bridgehead atoms. The quantitative estimate of drug-likeness (QED) is 0.280. The fourth-order valence-corrected chi connectivity index (χ4v) is 3.24. The molecule has 4 N–H and O–H groups in total. The van der Waals surface area contributed by atoms with Crippen molar-refractivity contribution >= 4 is 28.5 Å². The molecule has 1 aromatic heterocycles. The Kier molecular flexibility index (Phi) is 5.63. The summed E-state index contributed by atoms with van der Waals surface area (Å²) in [7, 11) is 0. The van der Waals surface area contributed by atoms with Crippen LogP contribution in [0.25, 0.3) is 22.0 Å². The van der Waals surface area contributed by atoms with Crippen molar-refractivity contribution in [3.8, 4) is 16.9 Å². The maximum absolute atomic E-state index is 12.6. The van der Waals surface area contributed by atoms with Gasteiger partial charge in [0.2, 0.25) is 0 Å². The van der Waals surface area contributed by atoms with Gasteiger partial charge in [0.25, 0.3) is 11.8 Å². The highest BCUT2D eigenvalue weighted by atomic mass is 16.5. The molecule has 0 aliphatic heterocycles. The SMILES string of the molecule is CCOc1cccc(-c2ccc3c(NC(=O)c4ccc(C(=O)NO)cc4)n[nH]c3c2)c1. The molecule has 0 radical (unpaired) electrons. The lowest BCUT2D eigenvalue weighted by atomic mass is 10.0. The van der Waals surface area contributed by atoms with Crippen molar-refractivity contribution in [1.29, 1.82) is 0 Å². The molecule has 3 aromatic carbocycles. The zero-order valence-corrected chi connectivity index (χ0v) is 16.7. The molecule has 8 nitrogen and oxygen atoms in total. The van der Waals surface area contributed by atoms with Crippen LogP contribution in [0.5, 0.6) is 5.75 Å². The molecule has 0 spiro atoms. The lowest BCUT2D eigenvalue weighted by molar-refractivity contribution is 0.0706. The number of hydrogen-bond acceptors (Lipinski definition) is 5. The number of nitrogens with zero attached hydrogens (tertiary/aromatic N) is 1. The first-order valence-corrected chi connectivity index (χ1v) is 9.66. The lowest BCUT2D eigenvalue weighted by Crippen LogP contribution is -2.19. The Morgan fingerprint density at radius 3 is 2.39 bits per heavy atom. The van der Waals surface area contributed by atoms with Gasteiger partial charge in [-0.05, 0) is 66.6 Å². The van der Waals surface area contributed by atoms with E-state index in [1.165, 1.54) is 24.3 Å². The van der Waals surface area contributed by atoms with Crippen molar-refractivity contribution in [2.75, 3.05) is 11.9 Å². The van der Waals surface area contributed by atoms with Crippen LogP contribution in [0.15, 0.2) is 66.7 Å². The van der Waals surface area contributed by atoms with Gasteiger partial charge in [0.05, 0.1) is 12.1 Å². The highest BCUT2D eigenvalue weighted by molar-refractivity contribution is 6.08. The normalized spacial score (nSPS) is 10.6. The number of nitrogens with one attached hydrogen (secondary N) is 3. The van der Waals surface area contributed by atoms with Crippen LogP contribution in [0.3, 0.4) is 0 Å². The van der Waals surface area contributed by atoms with Crippen molar-refractivity contribution < 1.29 is 19.5 Å². The van der Waals surface area contributed by atoms with Crippen LogP contribution < -0.4 is 15.5 Å². The van der Waals surface area contributed by atoms with E-state index in [1.807, 2.05) is 49.4 Å². The molecule has 0 fully saturated rings. The van der Waals surface area contributed by atoms with Gasteiger partial charge in [-0.15, -0.1) is 0 Å². The number of amides is 2. The fraction of sp³-hybridized carbons (Fsp3) is 0.0870. The number of anilines is 1. The van der Waals surface area contributed by atoms with Gasteiger partial charge in [-0.3, -0.25) is 19.9 Å². The first-order chi connectivity index (χ1) is 15.1. The van der Waals surface area contributed by atoms with E-state index in [2.05, 4.69) is 15.5 Å². The van der Waals surface area contributed by atoms with E-state index in [4.69, 9.17) is 9.94 Å². The minimum absolute atomic E-state index is 0.241. The van der Waals surface area contributed by atoms with Gasteiger partial charge < -0.3 is 10.1 Å². The summed E-state index contributed by atoms with van der Waals surface area (Å²) >= 11 is 0. The topological polar surface area (TPSA) is 116 Å². The zero-order chi connectivity index (χ0) is 21.8. The number of hydroxylamine groups is 1. The van der Waals surface area contributed by atoms with Gasteiger partial charge >= 0.3 is 0 Å². The van der Waals surface area contributed by atoms with E-state index >= 15 is 0 Å². The summed E-state index contributed by atoms with van der Waals surface area (Å²) in [4.78, 5) is 24.0. The standard InChI is InChI=1S/C23H20N4O4/c1-2-31-18-5-3-4-16(12-18)17-10-11-19-20(13-17)25-26-21(19)24-22(28)14-6-8-15(9-7-14)23(29)27-30/h3-13,30H,2H2,1H3,(H,27,29)(H2,24,25,26,28). The number of hydrogen-bond donors (Lipinski definition) is 4. The maximum atomic E-state index is 12.6. The third-order valence-corrected chi connectivity index (χ3v) is 4.78. The summed E-state index contributed by atoms with van der Waals surface area (Å²) in [5, 5.41) is 19.4. The van der Waals surface area contributed by atoms with Crippen LogP contribution in [0.2, 0.25) is 0 Å². The van der Waals surface area contributed by atoms with Gasteiger partial charge in [-0.2, -0.15) is 5.10 Å². The molecule has 0 aliphatic rings. The fourth-order valence-electron chi connectivity index (χ4n) is 3.24. The number of rotatable bonds is 6. The van der Waals surface area contributed by atoms with Gasteiger partial charge in [0.1, 0.15) is 5.75 Å². The van der Waals surface area contributed by atoms with Gasteiger partial charge in [-0.1, -0.05) is 18.2 Å². The van der Waals surface area contributed by atoms with E-state index < -0.39 is 5.91 Å². The molecule has 0 atom stereocenters. The third kappa shape index (κ3) is 4.24. The second kappa shape index (κ2) is 8.68. The number of fused-ring (bicyclic) bond motifs is 1. The summed E-state index contributed by atoms with van der Waals surface area (Å²) < 4.78 is 5.57. The van der Waals surface area contributed by atoms with Crippen LogP contribution in [-0.2, 0) is 0 Å². The van der Waals surface area contributed by atoms with E-state index in [0.717, 1.165) is 27.8 Å². The van der Waals surface area contributed by atoms with Crippen LogP contribution in [-0.4, -0.2) is 33.8 Å². The van der Waals surface area contributed by atoms with Gasteiger partial charge in [0.15, 0.2) is 5.82 Å². The molecule has 2 amide bonds. The predicted molar refractivity (Wildman–Crippen MR) is 116 cm³/mol. The van der Waals surface area contributed by atoms with E-state index in [0.29, 0.717) is 18.0 Å². The average molecular weight is 416 g/mol. The third-order valence-electron chi connectivity index (χ3n) is 4.78. The first-order valence-electron chi connectivity index (χ1n) is 9.66. The second-order valence-corrected chi connectivity index (χ2v) is 6.77. The first kappa shape index (κ1) is 20.1. The number of benzene rings is 3. The Labute approximate surface area is 177 Å². The Balaban J connectivity index is 1.55. The van der Waals surface area contributed by atoms with Crippen LogP contribution in [0.4, 0.5) is 5.82 Å². The van der Waals surface area contributed by atoms with Crippen LogP contribution >= 0.6 is 0 Å². The Bertz CT molecular complexity index is 1250. The number of carbonyl (C=O) groups excluding carboxylic acids is 2. The smallest absolute Gasteiger partial charge is 0.274 e. The molecule has 4 aromatic rings. The van der Waals surface area contributed by atoms with Gasteiger partial charge in [0, 0.05) is 16.5 Å². The molecule has 1 heterocycles. The summed E-state index contributed by atoms with van der Waals surface area (Å²) in [6, 6.07) is 19.6. The summed E-state index contributed by atoms with van der Waals surface area (Å²) in [6.45, 7) is 2.54. The molecule has 8 heteroatoms. The summed E-state index contributed by atoms with van der Waals surface area (Å²) in [5.74, 6) is 0.206. The maximum Gasteiger partial charge on any atom is 0.274 e. The minimum Gasteiger partial charge on any atom is -0.494 e. The summed E-state index contributed by atoms with van der Waals surface area (Å²) in [5.41, 5.74) is 4.94. The number of H-pyrrole nitrogens is 1. The Hall–Kier alpha value is -4.17. The van der Waals surface area contributed by atoms with Gasteiger partial charge in [-0.25, -0.2) is 5.48 Å². The molecule has 0 aliphatic carbocycles. The second-order valence-electron chi connectivity index (χ2n) is 6.77. The molecule has 4 rings (SSSR count). The van der Waals surface area contributed by atoms with Crippen LogP contribution in [0.1, 0.15) is 27.6 Å². The monoisotopic (exact) mass is 416 g/mol. The molecule has 31 heavy (non-hydrogen) atoms. The average Bonchev–Trinajstić information content (AvgIpc) is 3.21. The van der Waals surface area contributed by atoms with Crippen molar-refractivity contribution in [2.45, 2.75) is 6.92 Å². The van der Waals surface area contributed by atoms with E-state index in [9.17, 15) is 9.59 Å². The number of aromatic amines is 1. The van der Waals surface area contributed by atoms with Crippen molar-refractivity contribution in [3.63, 3.8) is 0 Å². The Morgan fingerprint density at radius 1 is 0.968 bits per heavy atom. The molecular weight excluding hydrogens is 396 g/mol. The molecule has 0 saturated carbocycles. The zero-order valence-electron chi connectivity index (χ0n) is 16.7. The largest absolute Gasteiger partial charge is 0.494 e. The number of carbonyl (C=O) groups is 2.